The molecule has 0 aromatic heterocycles. The van der Waals surface area contributed by atoms with Gasteiger partial charge in [-0.05, 0) is 18.6 Å². The summed E-state index contributed by atoms with van der Waals surface area (Å²) in [6, 6.07) is 8.91. The molecule has 1 saturated heterocycles. The highest BCUT2D eigenvalue weighted by atomic mass is 32.2. The van der Waals surface area contributed by atoms with Crippen molar-refractivity contribution in [1.82, 2.24) is 4.31 Å². The molecule has 1 aromatic carbocycles. The van der Waals surface area contributed by atoms with E-state index in [1.165, 1.54) is 0 Å². The maximum Gasteiger partial charge on any atom is 0.243 e. The SMILES string of the molecule is CCCCC1CN1S(=O)(=O)c1ccccc1. The van der Waals surface area contributed by atoms with Gasteiger partial charge in [0.25, 0.3) is 0 Å². The van der Waals surface area contributed by atoms with Gasteiger partial charge in [0, 0.05) is 12.6 Å². The molecule has 1 fully saturated rings. The average Bonchev–Trinajstić information content (AvgIpc) is 3.07. The second-order valence-corrected chi connectivity index (χ2v) is 6.07. The van der Waals surface area contributed by atoms with E-state index < -0.39 is 10.0 Å². The van der Waals surface area contributed by atoms with Crippen LogP contribution in [0.5, 0.6) is 0 Å². The Morgan fingerprint density at radius 2 is 2.00 bits per heavy atom. The minimum atomic E-state index is -3.21. The van der Waals surface area contributed by atoms with Crippen molar-refractivity contribution in [3.05, 3.63) is 30.3 Å². The average molecular weight is 239 g/mol. The normalized spacial score (nSPS) is 24.3. The molecule has 0 saturated carbocycles. The molecule has 1 aliphatic heterocycles. The number of unbranched alkanes of at least 4 members (excludes halogenated alkanes) is 1. The highest BCUT2D eigenvalue weighted by Gasteiger charge is 2.43. The Labute approximate surface area is 97.1 Å². The van der Waals surface area contributed by atoms with Crippen LogP contribution in [0.1, 0.15) is 26.2 Å². The van der Waals surface area contributed by atoms with E-state index in [1.54, 1.807) is 28.6 Å². The molecule has 0 amide bonds. The lowest BCUT2D eigenvalue weighted by atomic mass is 10.2. The summed E-state index contributed by atoms with van der Waals surface area (Å²) in [6.07, 6.45) is 3.21. The van der Waals surface area contributed by atoms with Gasteiger partial charge in [0.05, 0.1) is 4.90 Å². The van der Waals surface area contributed by atoms with E-state index in [-0.39, 0.29) is 6.04 Å². The van der Waals surface area contributed by atoms with Crippen molar-refractivity contribution in [2.45, 2.75) is 37.1 Å². The Morgan fingerprint density at radius 1 is 1.31 bits per heavy atom. The maximum absolute atomic E-state index is 12.1. The summed E-state index contributed by atoms with van der Waals surface area (Å²) in [6.45, 7) is 2.82. The van der Waals surface area contributed by atoms with Crippen LogP contribution in [0, 0.1) is 0 Å². The first-order valence-corrected chi connectivity index (χ1v) is 7.17. The molecule has 2 rings (SSSR count). The molecular weight excluding hydrogens is 222 g/mol. The molecule has 16 heavy (non-hydrogen) atoms. The number of benzene rings is 1. The number of hydrogen-bond donors (Lipinski definition) is 0. The standard InChI is InChI=1S/C12H17NO2S/c1-2-3-7-11-10-13(11)16(14,15)12-8-5-4-6-9-12/h4-6,8-9,11H,2-3,7,10H2,1H3. The van der Waals surface area contributed by atoms with Crippen LogP contribution >= 0.6 is 0 Å². The molecule has 4 heteroatoms. The van der Waals surface area contributed by atoms with Crippen LogP contribution in [0.2, 0.25) is 0 Å². The fourth-order valence-corrected chi connectivity index (χ4v) is 3.50. The zero-order valence-corrected chi connectivity index (χ0v) is 10.3. The third-order valence-electron chi connectivity index (χ3n) is 2.91. The minimum Gasteiger partial charge on any atom is -0.207 e. The van der Waals surface area contributed by atoms with Gasteiger partial charge in [0.1, 0.15) is 0 Å². The third kappa shape index (κ3) is 2.28. The molecule has 0 N–H and O–H groups in total. The van der Waals surface area contributed by atoms with Crippen molar-refractivity contribution in [3.63, 3.8) is 0 Å². The molecule has 1 heterocycles. The van der Waals surface area contributed by atoms with Gasteiger partial charge in [0.15, 0.2) is 0 Å². The monoisotopic (exact) mass is 239 g/mol. The Kier molecular flexibility index (Phi) is 3.30. The van der Waals surface area contributed by atoms with Crippen molar-refractivity contribution in [3.8, 4) is 0 Å². The van der Waals surface area contributed by atoms with Crippen LogP contribution in [-0.4, -0.2) is 25.3 Å². The Bertz CT molecular complexity index is 441. The van der Waals surface area contributed by atoms with Gasteiger partial charge in [-0.25, -0.2) is 8.42 Å². The van der Waals surface area contributed by atoms with Crippen LogP contribution in [-0.2, 0) is 10.0 Å². The molecule has 0 spiro atoms. The smallest absolute Gasteiger partial charge is 0.207 e. The van der Waals surface area contributed by atoms with Crippen LogP contribution in [0.4, 0.5) is 0 Å². The van der Waals surface area contributed by atoms with E-state index in [9.17, 15) is 8.42 Å². The first-order chi connectivity index (χ1) is 7.66. The molecule has 0 bridgehead atoms. The Hall–Kier alpha value is -0.870. The first-order valence-electron chi connectivity index (χ1n) is 5.73. The van der Waals surface area contributed by atoms with Crippen molar-refractivity contribution in [2.75, 3.05) is 6.54 Å². The van der Waals surface area contributed by atoms with Gasteiger partial charge in [-0.3, -0.25) is 0 Å². The quantitative estimate of drug-likeness (QED) is 0.739. The summed E-state index contributed by atoms with van der Waals surface area (Å²) in [5.41, 5.74) is 0. The summed E-state index contributed by atoms with van der Waals surface area (Å²) >= 11 is 0. The molecule has 2 unspecified atom stereocenters. The van der Waals surface area contributed by atoms with Gasteiger partial charge in [0.2, 0.25) is 10.0 Å². The van der Waals surface area contributed by atoms with Crippen LogP contribution in [0.25, 0.3) is 0 Å². The predicted molar refractivity (Wildman–Crippen MR) is 63.6 cm³/mol. The number of rotatable bonds is 5. The van der Waals surface area contributed by atoms with Crippen molar-refractivity contribution in [2.24, 2.45) is 0 Å². The first kappa shape index (κ1) is 11.6. The summed E-state index contributed by atoms with van der Waals surface area (Å²) < 4.78 is 25.8. The van der Waals surface area contributed by atoms with Crippen LogP contribution in [0.15, 0.2) is 35.2 Å². The molecule has 0 radical (unpaired) electrons. The van der Waals surface area contributed by atoms with Crippen molar-refractivity contribution < 1.29 is 8.42 Å². The summed E-state index contributed by atoms with van der Waals surface area (Å²) in [5.74, 6) is 0. The minimum absolute atomic E-state index is 0.241. The van der Waals surface area contributed by atoms with Crippen LogP contribution in [0.3, 0.4) is 0 Å². The summed E-state index contributed by atoms with van der Waals surface area (Å²) in [7, 11) is -3.21. The lowest BCUT2D eigenvalue weighted by molar-refractivity contribution is 0.543. The van der Waals surface area contributed by atoms with Crippen LogP contribution < -0.4 is 0 Å². The highest BCUT2D eigenvalue weighted by Crippen LogP contribution is 2.31. The Morgan fingerprint density at radius 3 is 2.62 bits per heavy atom. The third-order valence-corrected chi connectivity index (χ3v) is 4.84. The largest absolute Gasteiger partial charge is 0.243 e. The van der Waals surface area contributed by atoms with E-state index in [2.05, 4.69) is 6.92 Å². The lowest BCUT2D eigenvalue weighted by Crippen LogP contribution is -2.14. The van der Waals surface area contributed by atoms with E-state index in [0.29, 0.717) is 11.4 Å². The van der Waals surface area contributed by atoms with Gasteiger partial charge >= 0.3 is 0 Å². The molecule has 0 aliphatic carbocycles. The van der Waals surface area contributed by atoms with E-state index >= 15 is 0 Å². The second-order valence-electron chi connectivity index (χ2n) is 4.18. The number of sulfonamides is 1. The molecule has 2 atom stereocenters. The van der Waals surface area contributed by atoms with Crippen molar-refractivity contribution in [1.29, 1.82) is 0 Å². The van der Waals surface area contributed by atoms with E-state index in [4.69, 9.17) is 0 Å². The molecule has 3 nitrogen and oxygen atoms in total. The molecule has 1 aliphatic rings. The van der Waals surface area contributed by atoms with E-state index in [0.717, 1.165) is 19.3 Å². The molecular formula is C12H17NO2S. The molecule has 1 aromatic rings. The van der Waals surface area contributed by atoms with Gasteiger partial charge in [-0.15, -0.1) is 0 Å². The van der Waals surface area contributed by atoms with Gasteiger partial charge < -0.3 is 0 Å². The molecule has 88 valence electrons. The zero-order chi connectivity index (χ0) is 11.6. The fourth-order valence-electron chi connectivity index (χ4n) is 1.86. The maximum atomic E-state index is 12.1. The summed E-state index contributed by atoms with van der Waals surface area (Å²) in [5, 5.41) is 0. The number of hydrogen-bond acceptors (Lipinski definition) is 2. The predicted octanol–water partition coefficient (Wildman–Crippen LogP) is 2.25. The summed E-state index contributed by atoms with van der Waals surface area (Å²) in [4.78, 5) is 0.411. The van der Waals surface area contributed by atoms with Gasteiger partial charge in [-0.1, -0.05) is 38.0 Å². The fraction of sp³-hybridized carbons (Fsp3) is 0.500. The topological polar surface area (TPSA) is 37.1 Å². The zero-order valence-electron chi connectivity index (χ0n) is 9.46. The van der Waals surface area contributed by atoms with E-state index in [1.807, 2.05) is 6.07 Å². The lowest BCUT2D eigenvalue weighted by Gasteiger charge is -2.05. The Balaban J connectivity index is 2.06. The van der Waals surface area contributed by atoms with Gasteiger partial charge in [-0.2, -0.15) is 4.31 Å². The van der Waals surface area contributed by atoms with Crippen molar-refractivity contribution >= 4 is 10.0 Å². The highest BCUT2D eigenvalue weighted by molar-refractivity contribution is 7.89. The second kappa shape index (κ2) is 4.55. The number of nitrogens with zero attached hydrogens (tertiary/aromatic N) is 1.